The Morgan fingerprint density at radius 3 is 2.60 bits per heavy atom. The molecule has 2 rings (SSSR count). The molecule has 4 heteroatoms. The van der Waals surface area contributed by atoms with E-state index in [0.717, 1.165) is 31.8 Å². The van der Waals surface area contributed by atoms with Crippen LogP contribution < -0.4 is 4.74 Å². The average molecular weight is 280 g/mol. The lowest BCUT2D eigenvalue weighted by atomic mass is 10.3. The molecule has 0 spiro atoms. The van der Waals surface area contributed by atoms with Gasteiger partial charge >= 0.3 is 0 Å². The van der Waals surface area contributed by atoms with Gasteiger partial charge in [0.05, 0.1) is 19.8 Å². The quantitative estimate of drug-likeness (QED) is 0.686. The zero-order valence-corrected chi connectivity index (χ0v) is 12.3. The first kappa shape index (κ1) is 15.3. The van der Waals surface area contributed by atoms with E-state index in [1.807, 2.05) is 44.2 Å². The first-order chi connectivity index (χ1) is 9.66. The van der Waals surface area contributed by atoms with E-state index in [9.17, 15) is 0 Å². The van der Waals surface area contributed by atoms with Crippen LogP contribution in [0.15, 0.2) is 30.3 Å². The molecular weight excluding hydrogens is 256 g/mol. The zero-order valence-electron chi connectivity index (χ0n) is 12.3. The van der Waals surface area contributed by atoms with E-state index in [0.29, 0.717) is 13.2 Å². The second-order valence-corrected chi connectivity index (χ2v) is 5.39. The summed E-state index contributed by atoms with van der Waals surface area (Å²) in [5, 5.41) is 0. The fourth-order valence-corrected chi connectivity index (χ4v) is 2.07. The van der Waals surface area contributed by atoms with Crippen LogP contribution in [-0.4, -0.2) is 38.3 Å². The highest BCUT2D eigenvalue weighted by Crippen LogP contribution is 2.22. The zero-order chi connectivity index (χ0) is 14.3. The second kappa shape index (κ2) is 7.62. The van der Waals surface area contributed by atoms with E-state index in [-0.39, 0.29) is 6.10 Å². The molecule has 1 fully saturated rings. The minimum absolute atomic E-state index is 0.0607. The molecule has 0 radical (unpaired) electrons. The van der Waals surface area contributed by atoms with Gasteiger partial charge in [0, 0.05) is 6.61 Å². The van der Waals surface area contributed by atoms with E-state index < -0.39 is 5.79 Å². The number of ether oxygens (including phenoxy) is 4. The van der Waals surface area contributed by atoms with Gasteiger partial charge in [0.25, 0.3) is 0 Å². The van der Waals surface area contributed by atoms with Crippen LogP contribution in [0.1, 0.15) is 26.7 Å². The normalized spacial score (nSPS) is 21.0. The summed E-state index contributed by atoms with van der Waals surface area (Å²) in [6.07, 6.45) is 2.04. The van der Waals surface area contributed by atoms with Crippen molar-refractivity contribution >= 4 is 0 Å². The lowest BCUT2D eigenvalue weighted by Crippen LogP contribution is -2.24. The summed E-state index contributed by atoms with van der Waals surface area (Å²) >= 11 is 0. The monoisotopic (exact) mass is 280 g/mol. The number of para-hydroxylation sites is 1. The number of unbranched alkanes of at least 4 members (excludes halogenated alkanes) is 1. The molecule has 0 bridgehead atoms. The topological polar surface area (TPSA) is 36.9 Å². The Balaban J connectivity index is 1.44. The SMILES string of the molecule is CC1(C)OC[C@H](COCCCCOc2ccccc2)O1. The van der Waals surface area contributed by atoms with Crippen LogP contribution in [0.5, 0.6) is 5.75 Å². The smallest absolute Gasteiger partial charge is 0.163 e. The summed E-state index contributed by atoms with van der Waals surface area (Å²) < 4.78 is 22.4. The molecule has 1 heterocycles. The maximum Gasteiger partial charge on any atom is 0.163 e. The molecule has 112 valence electrons. The van der Waals surface area contributed by atoms with Crippen LogP contribution in [0.25, 0.3) is 0 Å². The second-order valence-electron chi connectivity index (χ2n) is 5.39. The standard InChI is InChI=1S/C16H24O4/c1-16(2)19-13-15(20-16)12-17-10-6-7-11-18-14-8-4-3-5-9-14/h3-5,8-9,15H,6-7,10-13H2,1-2H3/t15-/m0/s1. The van der Waals surface area contributed by atoms with E-state index in [1.165, 1.54) is 0 Å². The third kappa shape index (κ3) is 5.49. The summed E-state index contributed by atoms with van der Waals surface area (Å²) in [4.78, 5) is 0. The van der Waals surface area contributed by atoms with Gasteiger partial charge in [-0.25, -0.2) is 0 Å². The van der Waals surface area contributed by atoms with Crippen LogP contribution in [0.3, 0.4) is 0 Å². The van der Waals surface area contributed by atoms with E-state index in [1.54, 1.807) is 0 Å². The molecule has 1 atom stereocenters. The minimum Gasteiger partial charge on any atom is -0.494 e. The molecule has 1 aromatic carbocycles. The van der Waals surface area contributed by atoms with Crippen molar-refractivity contribution in [3.63, 3.8) is 0 Å². The van der Waals surface area contributed by atoms with Gasteiger partial charge in [0.1, 0.15) is 11.9 Å². The Labute approximate surface area is 121 Å². The highest BCUT2D eigenvalue weighted by atomic mass is 16.7. The van der Waals surface area contributed by atoms with E-state index >= 15 is 0 Å². The molecule has 1 aliphatic rings. The summed E-state index contributed by atoms with van der Waals surface area (Å²) in [5.74, 6) is 0.463. The molecule has 0 aliphatic carbocycles. The van der Waals surface area contributed by atoms with Crippen molar-refractivity contribution in [2.45, 2.75) is 38.6 Å². The first-order valence-electron chi connectivity index (χ1n) is 7.23. The largest absolute Gasteiger partial charge is 0.494 e. The van der Waals surface area contributed by atoms with Gasteiger partial charge < -0.3 is 18.9 Å². The van der Waals surface area contributed by atoms with E-state index in [2.05, 4.69) is 0 Å². The lowest BCUT2D eigenvalue weighted by Gasteiger charge is -2.17. The number of benzene rings is 1. The molecule has 1 saturated heterocycles. The number of hydrogen-bond donors (Lipinski definition) is 0. The summed E-state index contributed by atoms with van der Waals surface area (Å²) in [6.45, 7) is 6.52. The van der Waals surface area contributed by atoms with Gasteiger partial charge in [-0.3, -0.25) is 0 Å². The van der Waals surface area contributed by atoms with Crippen LogP contribution in [0.2, 0.25) is 0 Å². The van der Waals surface area contributed by atoms with Crippen molar-refractivity contribution in [1.82, 2.24) is 0 Å². The van der Waals surface area contributed by atoms with Crippen molar-refractivity contribution in [2.75, 3.05) is 26.4 Å². The summed E-state index contributed by atoms with van der Waals surface area (Å²) in [7, 11) is 0. The lowest BCUT2D eigenvalue weighted by molar-refractivity contribution is -0.145. The molecule has 1 aromatic rings. The Hall–Kier alpha value is -1.10. The van der Waals surface area contributed by atoms with Gasteiger partial charge in [-0.1, -0.05) is 18.2 Å². The predicted molar refractivity (Wildman–Crippen MR) is 76.9 cm³/mol. The van der Waals surface area contributed by atoms with Gasteiger partial charge in [-0.15, -0.1) is 0 Å². The molecular formula is C16H24O4. The summed E-state index contributed by atoms with van der Waals surface area (Å²) in [6, 6.07) is 9.87. The number of rotatable bonds is 8. The molecule has 1 aliphatic heterocycles. The number of hydrogen-bond acceptors (Lipinski definition) is 4. The van der Waals surface area contributed by atoms with Gasteiger partial charge in [-0.05, 0) is 38.8 Å². The first-order valence-corrected chi connectivity index (χ1v) is 7.23. The van der Waals surface area contributed by atoms with Crippen LogP contribution in [0.4, 0.5) is 0 Å². The third-order valence-electron chi connectivity index (χ3n) is 3.07. The van der Waals surface area contributed by atoms with Crippen LogP contribution in [-0.2, 0) is 14.2 Å². The maximum atomic E-state index is 5.66. The highest BCUT2D eigenvalue weighted by Gasteiger charge is 2.32. The highest BCUT2D eigenvalue weighted by molar-refractivity contribution is 5.20. The molecule has 4 nitrogen and oxygen atoms in total. The maximum absolute atomic E-state index is 5.66. The van der Waals surface area contributed by atoms with Crippen LogP contribution >= 0.6 is 0 Å². The third-order valence-corrected chi connectivity index (χ3v) is 3.07. The molecule has 0 N–H and O–H groups in total. The fourth-order valence-electron chi connectivity index (χ4n) is 2.07. The molecule has 20 heavy (non-hydrogen) atoms. The van der Waals surface area contributed by atoms with Crippen molar-refractivity contribution in [1.29, 1.82) is 0 Å². The minimum atomic E-state index is -0.461. The van der Waals surface area contributed by atoms with Gasteiger partial charge in [-0.2, -0.15) is 0 Å². The average Bonchev–Trinajstić information content (AvgIpc) is 2.78. The molecule has 0 unspecified atom stereocenters. The van der Waals surface area contributed by atoms with Crippen molar-refractivity contribution in [2.24, 2.45) is 0 Å². The Bertz CT molecular complexity index is 377. The Kier molecular flexibility index (Phi) is 5.83. The Morgan fingerprint density at radius 1 is 1.15 bits per heavy atom. The van der Waals surface area contributed by atoms with Gasteiger partial charge in [0.15, 0.2) is 5.79 Å². The van der Waals surface area contributed by atoms with Gasteiger partial charge in [0.2, 0.25) is 0 Å². The van der Waals surface area contributed by atoms with Crippen LogP contribution in [0, 0.1) is 0 Å². The molecule has 0 amide bonds. The molecule has 0 aromatic heterocycles. The van der Waals surface area contributed by atoms with E-state index in [4.69, 9.17) is 18.9 Å². The van der Waals surface area contributed by atoms with Crippen molar-refractivity contribution < 1.29 is 18.9 Å². The van der Waals surface area contributed by atoms with Crippen molar-refractivity contribution in [3.8, 4) is 5.75 Å². The summed E-state index contributed by atoms with van der Waals surface area (Å²) in [5.41, 5.74) is 0. The predicted octanol–water partition coefficient (Wildman–Crippen LogP) is 3.01. The van der Waals surface area contributed by atoms with Crippen molar-refractivity contribution in [3.05, 3.63) is 30.3 Å². The fraction of sp³-hybridized carbons (Fsp3) is 0.625. The molecule has 0 saturated carbocycles. The Morgan fingerprint density at radius 2 is 1.90 bits per heavy atom.